The molecule has 0 spiro atoms. The van der Waals surface area contributed by atoms with E-state index in [1.165, 1.54) is 0 Å². The van der Waals surface area contributed by atoms with E-state index in [9.17, 15) is 9.59 Å². The Bertz CT molecular complexity index is 707. The molecule has 5 heteroatoms. The first-order valence-corrected chi connectivity index (χ1v) is 8.00. The zero-order valence-electron chi connectivity index (χ0n) is 15.1. The van der Waals surface area contributed by atoms with Gasteiger partial charge >= 0.3 is 5.97 Å². The number of aryl methyl sites for hydroxylation is 2. The van der Waals surface area contributed by atoms with Crippen molar-refractivity contribution in [2.75, 3.05) is 6.61 Å². The molecule has 5 nitrogen and oxygen atoms in total. The van der Waals surface area contributed by atoms with Gasteiger partial charge in [-0.2, -0.15) is 0 Å². The summed E-state index contributed by atoms with van der Waals surface area (Å²) in [6.45, 7) is 10.4. The smallest absolute Gasteiger partial charge is 0.319 e. The van der Waals surface area contributed by atoms with Crippen molar-refractivity contribution in [2.24, 2.45) is 5.41 Å². The quantitative estimate of drug-likeness (QED) is 0.591. The molecule has 0 radical (unpaired) electrons. The fourth-order valence-corrected chi connectivity index (χ4v) is 2.78. The molecule has 0 N–H and O–H groups in total. The maximum atomic E-state index is 13.4. The maximum Gasteiger partial charge on any atom is 0.319 e. The maximum absolute atomic E-state index is 13.4. The van der Waals surface area contributed by atoms with Gasteiger partial charge in [0, 0.05) is 0 Å². The molecule has 0 saturated carbocycles. The lowest BCUT2D eigenvalue weighted by Gasteiger charge is -2.31. The molecule has 0 aliphatic heterocycles. The van der Waals surface area contributed by atoms with Gasteiger partial charge in [0.25, 0.3) is 0 Å². The zero-order valence-corrected chi connectivity index (χ0v) is 15.1. The van der Waals surface area contributed by atoms with E-state index in [0.29, 0.717) is 23.0 Å². The van der Waals surface area contributed by atoms with Gasteiger partial charge in [0.15, 0.2) is 5.78 Å². The molecule has 0 aliphatic carbocycles. The van der Waals surface area contributed by atoms with Crippen molar-refractivity contribution in [3.63, 3.8) is 0 Å². The molecule has 2 heterocycles. The number of rotatable bonds is 6. The first kappa shape index (κ1) is 18.0. The molecule has 24 heavy (non-hydrogen) atoms. The van der Waals surface area contributed by atoms with Crippen LogP contribution in [0.5, 0.6) is 0 Å². The second-order valence-corrected chi connectivity index (χ2v) is 6.62. The third kappa shape index (κ3) is 2.90. The van der Waals surface area contributed by atoms with E-state index in [0.717, 1.165) is 0 Å². The minimum absolute atomic E-state index is 0.214. The molecule has 0 aliphatic rings. The summed E-state index contributed by atoms with van der Waals surface area (Å²) < 4.78 is 16.6. The van der Waals surface area contributed by atoms with Gasteiger partial charge in [0.1, 0.15) is 33.9 Å². The van der Waals surface area contributed by atoms with Crippen LogP contribution in [0.2, 0.25) is 0 Å². The topological polar surface area (TPSA) is 69.7 Å². The molecular formula is C19H24O5. The van der Waals surface area contributed by atoms with Crippen molar-refractivity contribution in [3.05, 3.63) is 47.3 Å². The fraction of sp³-hybridized carbons (Fsp3) is 0.474. The Morgan fingerprint density at radius 1 is 0.958 bits per heavy atom. The SMILES string of the molecule is CCOC(=O)C(C)(C)C(=O)C(C)(c1ccc(C)o1)c1ccc(C)o1. The summed E-state index contributed by atoms with van der Waals surface area (Å²) in [5.41, 5.74) is -2.56. The van der Waals surface area contributed by atoms with Crippen LogP contribution in [0.3, 0.4) is 0 Å². The van der Waals surface area contributed by atoms with E-state index in [4.69, 9.17) is 13.6 Å². The standard InChI is InChI=1S/C19H24O5/c1-7-22-17(21)18(4,5)16(20)19(6,14-10-8-12(2)23-14)15-11-9-13(3)24-15/h8-11H,7H2,1-6H3. The number of furan rings is 2. The highest BCUT2D eigenvalue weighted by atomic mass is 16.5. The highest BCUT2D eigenvalue weighted by molar-refractivity contribution is 6.09. The molecule has 2 aromatic heterocycles. The van der Waals surface area contributed by atoms with Crippen molar-refractivity contribution in [2.45, 2.75) is 47.0 Å². The van der Waals surface area contributed by atoms with Gasteiger partial charge in [0.2, 0.25) is 0 Å². The summed E-state index contributed by atoms with van der Waals surface area (Å²) in [7, 11) is 0. The summed E-state index contributed by atoms with van der Waals surface area (Å²) in [5.74, 6) is 1.35. The van der Waals surface area contributed by atoms with Gasteiger partial charge in [0.05, 0.1) is 6.61 Å². The second-order valence-electron chi connectivity index (χ2n) is 6.62. The molecule has 0 aromatic carbocycles. The van der Waals surface area contributed by atoms with Crippen molar-refractivity contribution in [3.8, 4) is 0 Å². The molecule has 0 saturated heterocycles. The molecule has 0 atom stereocenters. The molecule has 0 amide bonds. The number of ketones is 1. The molecule has 130 valence electrons. The normalized spacial score (nSPS) is 12.2. The van der Waals surface area contributed by atoms with Crippen LogP contribution in [-0.2, 0) is 19.7 Å². The highest BCUT2D eigenvalue weighted by Crippen LogP contribution is 2.41. The number of carbonyl (C=O) groups excluding carboxylic acids is 2. The average Bonchev–Trinajstić information content (AvgIpc) is 3.15. The van der Waals surface area contributed by atoms with Gasteiger partial charge in [-0.05, 0) is 65.8 Å². The zero-order chi connectivity index (χ0) is 18.1. The van der Waals surface area contributed by atoms with Gasteiger partial charge in [-0.25, -0.2) is 0 Å². The predicted molar refractivity (Wildman–Crippen MR) is 88.8 cm³/mol. The highest BCUT2D eigenvalue weighted by Gasteiger charge is 2.52. The summed E-state index contributed by atoms with van der Waals surface area (Å²) >= 11 is 0. The van der Waals surface area contributed by atoms with Crippen molar-refractivity contribution >= 4 is 11.8 Å². The molecule has 0 bridgehead atoms. The van der Waals surface area contributed by atoms with Crippen LogP contribution in [0.25, 0.3) is 0 Å². The monoisotopic (exact) mass is 332 g/mol. The van der Waals surface area contributed by atoms with Crippen LogP contribution in [0.4, 0.5) is 0 Å². The summed E-state index contributed by atoms with van der Waals surface area (Å²) in [6, 6.07) is 7.06. The first-order valence-electron chi connectivity index (χ1n) is 8.00. The Hall–Kier alpha value is -2.30. The van der Waals surface area contributed by atoms with Gasteiger partial charge in [-0.15, -0.1) is 0 Å². The molecule has 0 unspecified atom stereocenters. The molecule has 2 rings (SSSR count). The lowest BCUT2D eigenvalue weighted by molar-refractivity contribution is -0.159. The fourth-order valence-electron chi connectivity index (χ4n) is 2.78. The third-order valence-corrected chi connectivity index (χ3v) is 4.27. The number of hydrogen-bond acceptors (Lipinski definition) is 5. The molecular weight excluding hydrogens is 308 g/mol. The Morgan fingerprint density at radius 2 is 1.42 bits per heavy atom. The van der Waals surface area contributed by atoms with E-state index in [2.05, 4.69) is 0 Å². The van der Waals surface area contributed by atoms with Crippen LogP contribution >= 0.6 is 0 Å². The number of Topliss-reactive ketones (excluding diaryl/α,β-unsaturated/α-hetero) is 1. The van der Waals surface area contributed by atoms with Gasteiger partial charge in [-0.1, -0.05) is 0 Å². The Balaban J connectivity index is 2.59. The predicted octanol–water partition coefficient (Wildman–Crippen LogP) is 3.95. The Morgan fingerprint density at radius 3 is 1.75 bits per heavy atom. The summed E-state index contributed by atoms with van der Waals surface area (Å²) in [5, 5.41) is 0. The van der Waals surface area contributed by atoms with E-state index >= 15 is 0 Å². The third-order valence-electron chi connectivity index (χ3n) is 4.27. The number of esters is 1. The van der Waals surface area contributed by atoms with E-state index in [-0.39, 0.29) is 12.4 Å². The number of ether oxygens (including phenoxy) is 1. The van der Waals surface area contributed by atoms with Crippen molar-refractivity contribution in [1.82, 2.24) is 0 Å². The van der Waals surface area contributed by atoms with Gasteiger partial charge < -0.3 is 13.6 Å². The van der Waals surface area contributed by atoms with Crippen molar-refractivity contribution < 1.29 is 23.2 Å². The number of hydrogen-bond donors (Lipinski definition) is 0. The Labute approximate surface area is 142 Å². The lowest BCUT2D eigenvalue weighted by atomic mass is 9.69. The van der Waals surface area contributed by atoms with E-state index < -0.39 is 16.8 Å². The Kier molecular flexibility index (Phi) is 4.74. The van der Waals surface area contributed by atoms with Crippen molar-refractivity contribution in [1.29, 1.82) is 0 Å². The largest absolute Gasteiger partial charge is 0.465 e. The summed E-state index contributed by atoms with van der Waals surface area (Å²) in [6.07, 6.45) is 0. The average molecular weight is 332 g/mol. The van der Waals surface area contributed by atoms with Gasteiger partial charge in [-0.3, -0.25) is 9.59 Å². The second kappa shape index (κ2) is 6.30. The van der Waals surface area contributed by atoms with Crippen LogP contribution in [0.15, 0.2) is 33.1 Å². The first-order chi connectivity index (χ1) is 11.1. The molecule has 0 fully saturated rings. The van der Waals surface area contributed by atoms with Crippen LogP contribution in [0.1, 0.15) is 50.7 Å². The lowest BCUT2D eigenvalue weighted by Crippen LogP contribution is -2.47. The van der Waals surface area contributed by atoms with E-state index in [1.807, 2.05) is 0 Å². The van der Waals surface area contributed by atoms with Crippen LogP contribution < -0.4 is 0 Å². The number of carbonyl (C=O) groups is 2. The van der Waals surface area contributed by atoms with Crippen LogP contribution in [-0.4, -0.2) is 18.4 Å². The summed E-state index contributed by atoms with van der Waals surface area (Å²) in [4.78, 5) is 25.7. The minimum atomic E-state index is -1.34. The molecule has 2 aromatic rings. The van der Waals surface area contributed by atoms with Crippen LogP contribution in [0, 0.1) is 19.3 Å². The minimum Gasteiger partial charge on any atom is -0.465 e. The van der Waals surface area contributed by atoms with E-state index in [1.54, 1.807) is 65.8 Å².